The molecule has 23 heavy (non-hydrogen) atoms. The number of nitrogen functional groups attached to an aromatic ring is 1. The molecule has 2 N–H and O–H groups in total. The first-order valence-electron chi connectivity index (χ1n) is 7.08. The Hall–Kier alpha value is -2.38. The minimum absolute atomic E-state index is 0.213. The summed E-state index contributed by atoms with van der Waals surface area (Å²) >= 11 is 0. The number of nitrogens with zero attached hydrogens (tertiary/aromatic N) is 2. The Morgan fingerprint density at radius 2 is 1.83 bits per heavy atom. The van der Waals surface area contributed by atoms with Gasteiger partial charge < -0.3 is 10.3 Å². The smallest absolute Gasteiger partial charge is 0.220 e. The van der Waals surface area contributed by atoms with Gasteiger partial charge in [0.05, 0.1) is 0 Å². The molecule has 1 heterocycles. The quantitative estimate of drug-likeness (QED) is 0.725. The average Bonchev–Trinajstić information content (AvgIpc) is 2.92. The van der Waals surface area contributed by atoms with Gasteiger partial charge in [-0.25, -0.2) is 12.7 Å². The topological polar surface area (TPSA) is 89.4 Å². The van der Waals surface area contributed by atoms with Crippen LogP contribution in [0.5, 0.6) is 0 Å². The summed E-state index contributed by atoms with van der Waals surface area (Å²) in [5.74, 6) is -0.215. The Labute approximate surface area is 134 Å². The second kappa shape index (κ2) is 6.02. The maximum Gasteiger partial charge on any atom is 0.220 e. The van der Waals surface area contributed by atoms with Crippen LogP contribution >= 0.6 is 0 Å². The van der Waals surface area contributed by atoms with Crippen molar-refractivity contribution < 1.29 is 12.9 Å². The zero-order valence-corrected chi connectivity index (χ0v) is 13.5. The van der Waals surface area contributed by atoms with Crippen LogP contribution in [0, 0.1) is 0 Å². The number of hydrogen-bond donors (Lipinski definition) is 1. The molecule has 0 aliphatic carbocycles. The number of benzene rings is 2. The molecule has 0 aliphatic rings. The maximum atomic E-state index is 12.6. The van der Waals surface area contributed by atoms with Gasteiger partial charge >= 0.3 is 0 Å². The highest BCUT2D eigenvalue weighted by atomic mass is 32.2. The molecule has 6 nitrogen and oxygen atoms in total. The third-order valence-electron chi connectivity index (χ3n) is 3.69. The number of fused-ring (bicyclic) bond motifs is 1. The van der Waals surface area contributed by atoms with Crippen LogP contribution in [-0.2, 0) is 22.3 Å². The fraction of sp³-hybridized carbons (Fsp3) is 0.188. The van der Waals surface area contributed by atoms with Gasteiger partial charge in [-0.2, -0.15) is 0 Å². The molecule has 0 amide bonds. The van der Waals surface area contributed by atoms with Crippen molar-refractivity contribution in [2.45, 2.75) is 12.3 Å². The first-order chi connectivity index (χ1) is 11.0. The van der Waals surface area contributed by atoms with Gasteiger partial charge in [0.1, 0.15) is 11.4 Å². The molecule has 0 atom stereocenters. The molecule has 0 unspecified atom stereocenters. The minimum atomic E-state index is -3.53. The molecule has 0 bridgehead atoms. The summed E-state index contributed by atoms with van der Waals surface area (Å²) in [5.41, 5.74) is 8.20. The van der Waals surface area contributed by atoms with Crippen molar-refractivity contribution >= 4 is 26.7 Å². The van der Waals surface area contributed by atoms with Crippen molar-refractivity contribution in [3.8, 4) is 0 Å². The van der Waals surface area contributed by atoms with Crippen LogP contribution in [0.4, 0.5) is 5.69 Å². The van der Waals surface area contributed by atoms with Crippen LogP contribution in [0.2, 0.25) is 0 Å². The van der Waals surface area contributed by atoms with E-state index in [9.17, 15) is 8.42 Å². The Kier molecular flexibility index (Phi) is 4.06. The lowest BCUT2D eigenvalue weighted by Gasteiger charge is -2.17. The highest BCUT2D eigenvalue weighted by molar-refractivity contribution is 7.88. The van der Waals surface area contributed by atoms with Crippen molar-refractivity contribution in [1.29, 1.82) is 0 Å². The number of aromatic nitrogens is 1. The zero-order chi connectivity index (χ0) is 16.4. The number of anilines is 1. The predicted molar refractivity (Wildman–Crippen MR) is 89.0 cm³/mol. The number of para-hydroxylation sites is 2. The van der Waals surface area contributed by atoms with E-state index in [1.165, 1.54) is 11.4 Å². The third kappa shape index (κ3) is 3.20. The van der Waals surface area contributed by atoms with E-state index in [0.29, 0.717) is 22.4 Å². The third-order valence-corrected chi connectivity index (χ3v) is 5.41. The molecule has 3 aromatic rings. The Balaban J connectivity index is 1.82. The van der Waals surface area contributed by atoms with Crippen LogP contribution in [0.25, 0.3) is 11.0 Å². The van der Waals surface area contributed by atoms with Crippen LogP contribution in [0.1, 0.15) is 11.3 Å². The Morgan fingerprint density at radius 3 is 2.61 bits per heavy atom. The van der Waals surface area contributed by atoms with E-state index in [-0.39, 0.29) is 12.3 Å². The molecule has 0 saturated carbocycles. The number of hydrogen-bond acceptors (Lipinski definition) is 5. The first-order valence-corrected chi connectivity index (χ1v) is 8.69. The zero-order valence-electron chi connectivity index (χ0n) is 12.6. The van der Waals surface area contributed by atoms with E-state index in [1.807, 2.05) is 30.3 Å². The van der Waals surface area contributed by atoms with E-state index in [4.69, 9.17) is 10.3 Å². The fourth-order valence-corrected chi connectivity index (χ4v) is 3.45. The minimum Gasteiger partial charge on any atom is -0.398 e. The molecular formula is C16H17N3O3S. The lowest BCUT2D eigenvalue weighted by molar-refractivity contribution is 0.442. The lowest BCUT2D eigenvalue weighted by atomic mass is 10.2. The van der Waals surface area contributed by atoms with Gasteiger partial charge in [0.2, 0.25) is 10.0 Å². The molecule has 0 radical (unpaired) electrons. The molecule has 2 aromatic carbocycles. The van der Waals surface area contributed by atoms with E-state index in [2.05, 4.69) is 5.16 Å². The molecule has 0 spiro atoms. The molecule has 0 aliphatic heterocycles. The predicted octanol–water partition coefficient (Wildman–Crippen LogP) is 2.37. The molecule has 0 fully saturated rings. The van der Waals surface area contributed by atoms with Crippen LogP contribution in [0.3, 0.4) is 0 Å². The summed E-state index contributed by atoms with van der Waals surface area (Å²) < 4.78 is 31.6. The molecular weight excluding hydrogens is 314 g/mol. The Bertz CT molecular complexity index is 934. The van der Waals surface area contributed by atoms with Crippen LogP contribution in [-0.4, -0.2) is 24.9 Å². The summed E-state index contributed by atoms with van der Waals surface area (Å²) in [6.07, 6.45) is 0. The molecule has 7 heteroatoms. The second-order valence-electron chi connectivity index (χ2n) is 5.34. The van der Waals surface area contributed by atoms with Gasteiger partial charge in [0.25, 0.3) is 0 Å². The fourth-order valence-electron chi connectivity index (χ4n) is 2.34. The largest absolute Gasteiger partial charge is 0.398 e. The van der Waals surface area contributed by atoms with Gasteiger partial charge in [-0.05, 0) is 23.8 Å². The summed E-state index contributed by atoms with van der Waals surface area (Å²) in [5, 5.41) is 4.59. The summed E-state index contributed by atoms with van der Waals surface area (Å²) in [6, 6.07) is 14.4. The molecule has 0 saturated heterocycles. The van der Waals surface area contributed by atoms with Crippen molar-refractivity contribution in [2.75, 3.05) is 12.8 Å². The van der Waals surface area contributed by atoms with Gasteiger partial charge in [-0.15, -0.1) is 0 Å². The monoisotopic (exact) mass is 331 g/mol. The van der Waals surface area contributed by atoms with Crippen molar-refractivity contribution in [1.82, 2.24) is 9.46 Å². The summed E-state index contributed by atoms with van der Waals surface area (Å²) in [4.78, 5) is 0. The van der Waals surface area contributed by atoms with Crippen molar-refractivity contribution in [3.63, 3.8) is 0 Å². The average molecular weight is 331 g/mol. The van der Waals surface area contributed by atoms with Gasteiger partial charge in [0.15, 0.2) is 5.58 Å². The van der Waals surface area contributed by atoms with Crippen LogP contribution < -0.4 is 5.73 Å². The second-order valence-corrected chi connectivity index (χ2v) is 7.41. The first kappa shape index (κ1) is 15.5. The van der Waals surface area contributed by atoms with E-state index < -0.39 is 10.0 Å². The molecule has 1 aromatic heterocycles. The van der Waals surface area contributed by atoms with E-state index >= 15 is 0 Å². The molecule has 120 valence electrons. The highest BCUT2D eigenvalue weighted by Crippen LogP contribution is 2.22. The standard InChI is InChI=1S/C16H17N3O3S/c1-19(10-12-6-2-4-8-14(12)17)23(20,21)11-15-13-7-3-5-9-16(13)22-18-15/h2-9H,10-11,17H2,1H3. The summed E-state index contributed by atoms with van der Waals surface area (Å²) in [6.45, 7) is 0.213. The molecule has 3 rings (SSSR count). The van der Waals surface area contributed by atoms with Crippen LogP contribution in [0.15, 0.2) is 53.1 Å². The SMILES string of the molecule is CN(Cc1ccccc1N)S(=O)(=O)Cc1noc2ccccc12. The normalized spacial score (nSPS) is 12.1. The van der Waals surface area contributed by atoms with E-state index in [1.54, 1.807) is 18.2 Å². The number of sulfonamides is 1. The maximum absolute atomic E-state index is 12.6. The van der Waals surface area contributed by atoms with Crippen molar-refractivity contribution in [2.24, 2.45) is 0 Å². The lowest BCUT2D eigenvalue weighted by Crippen LogP contribution is -2.28. The Morgan fingerprint density at radius 1 is 1.13 bits per heavy atom. The van der Waals surface area contributed by atoms with Crippen molar-refractivity contribution in [3.05, 3.63) is 59.8 Å². The number of nitrogens with two attached hydrogens (primary N) is 1. The summed E-state index contributed by atoms with van der Waals surface area (Å²) in [7, 11) is -2.00. The van der Waals surface area contributed by atoms with E-state index in [0.717, 1.165) is 5.56 Å². The van der Waals surface area contributed by atoms with Gasteiger partial charge in [-0.1, -0.05) is 35.5 Å². The highest BCUT2D eigenvalue weighted by Gasteiger charge is 2.22. The van der Waals surface area contributed by atoms with Gasteiger partial charge in [-0.3, -0.25) is 0 Å². The van der Waals surface area contributed by atoms with Gasteiger partial charge in [0, 0.05) is 24.7 Å². The number of rotatable bonds is 5.